The Labute approximate surface area is 90.6 Å². The third-order valence-corrected chi connectivity index (χ3v) is 2.18. The van der Waals surface area contributed by atoms with Crippen molar-refractivity contribution in [2.45, 2.75) is 20.0 Å². The predicted octanol–water partition coefficient (Wildman–Crippen LogP) is 2.25. The van der Waals surface area contributed by atoms with Crippen molar-refractivity contribution in [3.63, 3.8) is 0 Å². The molecule has 4 heteroatoms. The van der Waals surface area contributed by atoms with Crippen molar-refractivity contribution < 1.29 is 9.53 Å². The van der Waals surface area contributed by atoms with Crippen molar-refractivity contribution in [1.29, 1.82) is 0 Å². The molecule has 1 rings (SSSR count). The number of aromatic nitrogens is 1. The predicted molar refractivity (Wildman–Crippen MR) is 57.5 cm³/mol. The Hall–Kier alpha value is -0.650. The molecule has 70 valence electrons. The molecule has 0 atom stereocenters. The first-order valence-corrected chi connectivity index (χ1v) is 5.00. The van der Waals surface area contributed by atoms with E-state index in [0.29, 0.717) is 9.26 Å². The summed E-state index contributed by atoms with van der Waals surface area (Å²) in [5.41, 5.74) is 0.525. The van der Waals surface area contributed by atoms with Gasteiger partial charge in [0.1, 0.15) is 3.70 Å². The second-order valence-electron chi connectivity index (χ2n) is 2.80. The highest BCUT2D eigenvalue weighted by atomic mass is 127. The Morgan fingerprint density at radius 3 is 2.85 bits per heavy atom. The molecule has 0 aliphatic heterocycles. The monoisotopic (exact) mass is 291 g/mol. The second kappa shape index (κ2) is 4.55. The standard InChI is InChI=1S/C9H10INO2/c1-6(2)13-9(12)7-4-3-5-11-8(7)10/h3-6H,1-2H3. The summed E-state index contributed by atoms with van der Waals surface area (Å²) in [6.45, 7) is 3.64. The van der Waals surface area contributed by atoms with E-state index in [9.17, 15) is 4.79 Å². The Kier molecular flexibility index (Phi) is 3.65. The van der Waals surface area contributed by atoms with Crippen LogP contribution in [0.25, 0.3) is 0 Å². The van der Waals surface area contributed by atoms with Gasteiger partial charge in [-0.3, -0.25) is 0 Å². The fourth-order valence-corrected chi connectivity index (χ4v) is 1.38. The molecule has 0 saturated heterocycles. The molecule has 0 aliphatic rings. The molecule has 1 heterocycles. The highest BCUT2D eigenvalue weighted by Gasteiger charge is 2.12. The molecule has 0 unspecified atom stereocenters. The summed E-state index contributed by atoms with van der Waals surface area (Å²) in [6, 6.07) is 3.43. The van der Waals surface area contributed by atoms with Gasteiger partial charge in [0.15, 0.2) is 0 Å². The number of ether oxygens (including phenoxy) is 1. The van der Waals surface area contributed by atoms with Crippen LogP contribution in [0.1, 0.15) is 24.2 Å². The van der Waals surface area contributed by atoms with Crippen LogP contribution in [0, 0.1) is 3.70 Å². The molecule has 0 aliphatic carbocycles. The number of esters is 1. The maximum absolute atomic E-state index is 11.4. The number of hydrogen-bond donors (Lipinski definition) is 0. The molecule has 0 bridgehead atoms. The van der Waals surface area contributed by atoms with Gasteiger partial charge < -0.3 is 4.74 Å². The lowest BCUT2D eigenvalue weighted by molar-refractivity contribution is 0.0376. The minimum atomic E-state index is -0.312. The molecule has 1 aromatic heterocycles. The molecule has 3 nitrogen and oxygen atoms in total. The third-order valence-electron chi connectivity index (χ3n) is 1.32. The van der Waals surface area contributed by atoms with E-state index in [-0.39, 0.29) is 12.1 Å². The lowest BCUT2D eigenvalue weighted by Crippen LogP contribution is -2.13. The van der Waals surface area contributed by atoms with Gasteiger partial charge in [-0.15, -0.1) is 0 Å². The Balaban J connectivity index is 2.83. The fourth-order valence-electron chi connectivity index (χ4n) is 0.816. The normalized spacial score (nSPS) is 10.2. The lowest BCUT2D eigenvalue weighted by atomic mass is 10.3. The summed E-state index contributed by atoms with van der Waals surface area (Å²) in [7, 11) is 0. The van der Waals surface area contributed by atoms with Crippen LogP contribution in [0.2, 0.25) is 0 Å². The lowest BCUT2D eigenvalue weighted by Gasteiger charge is -2.07. The van der Waals surface area contributed by atoms with Gasteiger partial charge in [0.25, 0.3) is 0 Å². The van der Waals surface area contributed by atoms with E-state index in [1.165, 1.54) is 0 Å². The average Bonchev–Trinajstić information content (AvgIpc) is 2.03. The highest BCUT2D eigenvalue weighted by Crippen LogP contribution is 2.10. The van der Waals surface area contributed by atoms with E-state index in [2.05, 4.69) is 4.98 Å². The molecular formula is C9H10INO2. The highest BCUT2D eigenvalue weighted by molar-refractivity contribution is 14.1. The van der Waals surface area contributed by atoms with Crippen LogP contribution in [0.15, 0.2) is 18.3 Å². The summed E-state index contributed by atoms with van der Waals surface area (Å²) < 4.78 is 5.71. The Morgan fingerprint density at radius 2 is 2.31 bits per heavy atom. The largest absolute Gasteiger partial charge is 0.459 e. The maximum atomic E-state index is 11.4. The van der Waals surface area contributed by atoms with E-state index >= 15 is 0 Å². The SMILES string of the molecule is CC(C)OC(=O)c1cccnc1I. The van der Waals surface area contributed by atoms with E-state index in [0.717, 1.165) is 0 Å². The maximum Gasteiger partial charge on any atom is 0.341 e. The van der Waals surface area contributed by atoms with Crippen molar-refractivity contribution in [2.24, 2.45) is 0 Å². The summed E-state index contributed by atoms with van der Waals surface area (Å²) in [4.78, 5) is 15.4. The van der Waals surface area contributed by atoms with Crippen LogP contribution in [0.4, 0.5) is 0 Å². The van der Waals surface area contributed by atoms with E-state index in [1.807, 2.05) is 36.4 Å². The quantitative estimate of drug-likeness (QED) is 0.476. The summed E-state index contributed by atoms with van der Waals surface area (Å²) in [5, 5.41) is 0. The van der Waals surface area contributed by atoms with Crippen molar-refractivity contribution in [3.8, 4) is 0 Å². The summed E-state index contributed by atoms with van der Waals surface area (Å²) in [6.07, 6.45) is 1.55. The Morgan fingerprint density at radius 1 is 1.62 bits per heavy atom. The first-order chi connectivity index (χ1) is 6.11. The summed E-state index contributed by atoms with van der Waals surface area (Å²) >= 11 is 2.01. The molecule has 0 N–H and O–H groups in total. The van der Waals surface area contributed by atoms with Gasteiger partial charge >= 0.3 is 5.97 Å². The van der Waals surface area contributed by atoms with Gasteiger partial charge in [-0.1, -0.05) is 0 Å². The van der Waals surface area contributed by atoms with Gasteiger partial charge in [-0.25, -0.2) is 9.78 Å². The average molecular weight is 291 g/mol. The molecule has 0 fully saturated rings. The molecule has 1 aromatic rings. The molecule has 0 saturated carbocycles. The van der Waals surface area contributed by atoms with Crippen LogP contribution >= 0.6 is 22.6 Å². The van der Waals surface area contributed by atoms with E-state index < -0.39 is 0 Å². The minimum absolute atomic E-state index is 0.0940. The number of carbonyl (C=O) groups is 1. The van der Waals surface area contributed by atoms with Crippen molar-refractivity contribution in [3.05, 3.63) is 27.6 Å². The zero-order valence-electron chi connectivity index (χ0n) is 7.45. The van der Waals surface area contributed by atoms with Crippen LogP contribution < -0.4 is 0 Å². The zero-order valence-corrected chi connectivity index (χ0v) is 9.61. The number of nitrogens with zero attached hydrogens (tertiary/aromatic N) is 1. The topological polar surface area (TPSA) is 39.2 Å². The fraction of sp³-hybridized carbons (Fsp3) is 0.333. The zero-order chi connectivity index (χ0) is 9.84. The van der Waals surface area contributed by atoms with E-state index in [1.54, 1.807) is 18.3 Å². The van der Waals surface area contributed by atoms with Gasteiger partial charge in [-0.2, -0.15) is 0 Å². The first-order valence-electron chi connectivity index (χ1n) is 3.92. The van der Waals surface area contributed by atoms with Crippen LogP contribution in [0.3, 0.4) is 0 Å². The number of carbonyl (C=O) groups excluding carboxylic acids is 1. The van der Waals surface area contributed by atoms with Crippen molar-refractivity contribution in [1.82, 2.24) is 4.98 Å². The van der Waals surface area contributed by atoms with Crippen LogP contribution in [-0.4, -0.2) is 17.1 Å². The van der Waals surface area contributed by atoms with Gasteiger partial charge in [0.05, 0.1) is 11.7 Å². The Bertz CT molecular complexity index is 312. The van der Waals surface area contributed by atoms with Crippen LogP contribution in [0.5, 0.6) is 0 Å². The first kappa shape index (κ1) is 10.4. The van der Waals surface area contributed by atoms with Gasteiger partial charge in [-0.05, 0) is 48.6 Å². The number of pyridine rings is 1. The number of rotatable bonds is 2. The minimum Gasteiger partial charge on any atom is -0.459 e. The molecule has 0 spiro atoms. The van der Waals surface area contributed by atoms with Crippen molar-refractivity contribution >= 4 is 28.6 Å². The number of hydrogen-bond acceptors (Lipinski definition) is 3. The van der Waals surface area contributed by atoms with Gasteiger partial charge in [0.2, 0.25) is 0 Å². The number of halogens is 1. The molecule has 0 amide bonds. The van der Waals surface area contributed by atoms with E-state index in [4.69, 9.17) is 4.74 Å². The summed E-state index contributed by atoms with van der Waals surface area (Å²) in [5.74, 6) is -0.312. The molecule has 0 aromatic carbocycles. The van der Waals surface area contributed by atoms with Crippen LogP contribution in [-0.2, 0) is 4.74 Å². The smallest absolute Gasteiger partial charge is 0.341 e. The second-order valence-corrected chi connectivity index (χ2v) is 3.82. The molecule has 13 heavy (non-hydrogen) atoms. The van der Waals surface area contributed by atoms with Gasteiger partial charge in [0, 0.05) is 6.20 Å². The van der Waals surface area contributed by atoms with Crippen molar-refractivity contribution in [2.75, 3.05) is 0 Å². The third kappa shape index (κ3) is 2.95. The molecular weight excluding hydrogens is 281 g/mol. The molecule has 0 radical (unpaired) electrons.